The lowest BCUT2D eigenvalue weighted by Gasteiger charge is -2.14. The average molecular weight is 304 g/mol. The number of ketones is 1. The first-order chi connectivity index (χ1) is 10.2. The summed E-state index contributed by atoms with van der Waals surface area (Å²) in [5, 5.41) is 9.04. The fourth-order valence-corrected chi connectivity index (χ4v) is 2.29. The predicted octanol–water partition coefficient (Wildman–Crippen LogP) is 2.38. The van der Waals surface area contributed by atoms with Crippen LogP contribution in [-0.2, 0) is 4.79 Å². The molecule has 0 aliphatic carbocycles. The van der Waals surface area contributed by atoms with Crippen LogP contribution in [0.2, 0.25) is 0 Å². The summed E-state index contributed by atoms with van der Waals surface area (Å²) in [5.74, 6) is -0.974. The summed E-state index contributed by atoms with van der Waals surface area (Å²) in [6.07, 6.45) is 0. The number of benzene rings is 1. The van der Waals surface area contributed by atoms with Crippen molar-refractivity contribution in [2.45, 2.75) is 27.7 Å². The Morgan fingerprint density at radius 2 is 1.91 bits per heavy atom. The largest absolute Gasteiger partial charge is 0.481 e. The van der Waals surface area contributed by atoms with Crippen LogP contribution in [0.15, 0.2) is 15.3 Å². The van der Waals surface area contributed by atoms with E-state index in [-0.39, 0.29) is 33.5 Å². The molecular formula is C16H16O6. The highest BCUT2D eigenvalue weighted by Gasteiger charge is 2.22. The second kappa shape index (κ2) is 5.63. The van der Waals surface area contributed by atoms with Crippen LogP contribution in [0.4, 0.5) is 0 Å². The Morgan fingerprint density at radius 1 is 1.27 bits per heavy atom. The molecule has 0 spiro atoms. The van der Waals surface area contributed by atoms with E-state index in [0.29, 0.717) is 16.9 Å². The zero-order valence-corrected chi connectivity index (χ0v) is 12.8. The number of carbonyl (C=O) groups excluding carboxylic acids is 1. The molecule has 0 radical (unpaired) electrons. The fourth-order valence-electron chi connectivity index (χ4n) is 2.29. The molecule has 1 aromatic carbocycles. The lowest BCUT2D eigenvalue weighted by molar-refractivity contribution is -0.139. The molecule has 0 saturated heterocycles. The van der Waals surface area contributed by atoms with Crippen LogP contribution in [0.1, 0.15) is 34.2 Å². The van der Waals surface area contributed by atoms with E-state index >= 15 is 0 Å². The molecule has 6 heteroatoms. The molecular weight excluding hydrogens is 288 g/mol. The van der Waals surface area contributed by atoms with Gasteiger partial charge in [-0.05, 0) is 39.3 Å². The van der Waals surface area contributed by atoms with Crippen LogP contribution >= 0.6 is 0 Å². The molecule has 0 aliphatic heterocycles. The number of Topliss-reactive ketones (excluding diaryl/α,β-unsaturated/α-hetero) is 1. The number of carboxylic acid groups (broad SMARTS) is 1. The van der Waals surface area contributed by atoms with Crippen molar-refractivity contribution in [1.29, 1.82) is 0 Å². The molecule has 116 valence electrons. The van der Waals surface area contributed by atoms with Crippen molar-refractivity contribution in [3.05, 3.63) is 38.7 Å². The number of aryl methyl sites for hydroxylation is 2. The van der Waals surface area contributed by atoms with Gasteiger partial charge in [-0.15, -0.1) is 0 Å². The number of fused-ring (bicyclic) bond motifs is 1. The van der Waals surface area contributed by atoms with Gasteiger partial charge in [0.15, 0.2) is 23.4 Å². The third kappa shape index (κ3) is 2.59. The van der Waals surface area contributed by atoms with Crippen LogP contribution < -0.4 is 10.2 Å². The third-order valence-electron chi connectivity index (χ3n) is 3.48. The number of hydrogen-bond donors (Lipinski definition) is 1. The molecule has 6 nitrogen and oxygen atoms in total. The van der Waals surface area contributed by atoms with Crippen molar-refractivity contribution in [3.63, 3.8) is 0 Å². The monoisotopic (exact) mass is 304 g/mol. The molecule has 2 rings (SSSR count). The zero-order chi connectivity index (χ0) is 16.6. The Morgan fingerprint density at radius 3 is 2.45 bits per heavy atom. The molecule has 22 heavy (non-hydrogen) atoms. The average Bonchev–Trinajstić information content (AvgIpc) is 2.43. The number of rotatable bonds is 4. The molecule has 0 saturated carbocycles. The fraction of sp³-hybridized carbons (Fsp3) is 0.312. The van der Waals surface area contributed by atoms with Crippen LogP contribution in [-0.4, -0.2) is 23.5 Å². The van der Waals surface area contributed by atoms with Crippen LogP contribution in [0, 0.1) is 20.8 Å². The molecule has 1 aromatic heterocycles. The van der Waals surface area contributed by atoms with E-state index in [1.54, 1.807) is 26.8 Å². The van der Waals surface area contributed by atoms with Gasteiger partial charge in [0.05, 0.1) is 5.39 Å². The third-order valence-corrected chi connectivity index (χ3v) is 3.48. The van der Waals surface area contributed by atoms with E-state index in [1.807, 2.05) is 0 Å². The Labute approximate surface area is 126 Å². The van der Waals surface area contributed by atoms with Crippen molar-refractivity contribution >= 4 is 22.7 Å². The second-order valence-electron chi connectivity index (χ2n) is 5.13. The predicted molar refractivity (Wildman–Crippen MR) is 79.8 cm³/mol. The molecule has 0 bridgehead atoms. The molecule has 0 atom stereocenters. The Bertz CT molecular complexity index is 844. The van der Waals surface area contributed by atoms with E-state index in [0.717, 1.165) is 0 Å². The highest BCUT2D eigenvalue weighted by Crippen LogP contribution is 2.32. The van der Waals surface area contributed by atoms with E-state index < -0.39 is 12.6 Å². The Hall–Kier alpha value is -2.63. The molecule has 0 unspecified atom stereocenters. The SMILES string of the molecule is CC(=O)c1c(OCC(=O)O)c(C)cc2c(=O)c(C)c(C)oc12. The van der Waals surface area contributed by atoms with Gasteiger partial charge in [0.1, 0.15) is 17.1 Å². The van der Waals surface area contributed by atoms with Crippen molar-refractivity contribution in [2.75, 3.05) is 6.61 Å². The first-order valence-electron chi connectivity index (χ1n) is 6.67. The quantitative estimate of drug-likeness (QED) is 0.872. The second-order valence-corrected chi connectivity index (χ2v) is 5.13. The van der Waals surface area contributed by atoms with E-state index in [4.69, 9.17) is 14.3 Å². The molecule has 0 aliphatic rings. The van der Waals surface area contributed by atoms with Gasteiger partial charge in [0.25, 0.3) is 0 Å². The summed E-state index contributed by atoms with van der Waals surface area (Å²) < 4.78 is 10.8. The molecule has 1 heterocycles. The summed E-state index contributed by atoms with van der Waals surface area (Å²) in [6, 6.07) is 1.55. The maximum atomic E-state index is 12.3. The normalized spacial score (nSPS) is 10.7. The topological polar surface area (TPSA) is 93.8 Å². The van der Waals surface area contributed by atoms with E-state index in [9.17, 15) is 14.4 Å². The zero-order valence-electron chi connectivity index (χ0n) is 12.8. The lowest BCUT2D eigenvalue weighted by atomic mass is 10.0. The summed E-state index contributed by atoms with van der Waals surface area (Å²) >= 11 is 0. The lowest BCUT2D eigenvalue weighted by Crippen LogP contribution is -2.15. The Balaban J connectivity index is 2.87. The minimum absolute atomic E-state index is 0.0939. The highest BCUT2D eigenvalue weighted by atomic mass is 16.5. The van der Waals surface area contributed by atoms with Crippen molar-refractivity contribution in [3.8, 4) is 5.75 Å². The van der Waals surface area contributed by atoms with Gasteiger partial charge < -0.3 is 14.3 Å². The van der Waals surface area contributed by atoms with Gasteiger partial charge in [-0.25, -0.2) is 4.79 Å². The smallest absolute Gasteiger partial charge is 0.341 e. The van der Waals surface area contributed by atoms with Crippen LogP contribution in [0.5, 0.6) is 5.75 Å². The van der Waals surface area contributed by atoms with Gasteiger partial charge in [0.2, 0.25) is 0 Å². The first kappa shape index (κ1) is 15.8. The van der Waals surface area contributed by atoms with Gasteiger partial charge in [-0.3, -0.25) is 9.59 Å². The standard InChI is InChI=1S/C16H16O6/c1-7-5-11-14(20)8(2)10(4)22-16(11)13(9(3)17)15(7)21-6-12(18)19/h5H,6H2,1-4H3,(H,18,19). The molecule has 1 N–H and O–H groups in total. The molecule has 0 amide bonds. The van der Waals surface area contributed by atoms with Crippen LogP contribution in [0.25, 0.3) is 11.0 Å². The highest BCUT2D eigenvalue weighted by molar-refractivity contribution is 6.08. The maximum absolute atomic E-state index is 12.3. The maximum Gasteiger partial charge on any atom is 0.341 e. The number of carboxylic acids is 1. The number of aliphatic carboxylic acids is 1. The molecule has 2 aromatic rings. The number of ether oxygens (including phenoxy) is 1. The van der Waals surface area contributed by atoms with Crippen molar-refractivity contribution in [1.82, 2.24) is 0 Å². The van der Waals surface area contributed by atoms with E-state index in [1.165, 1.54) is 6.92 Å². The van der Waals surface area contributed by atoms with Crippen molar-refractivity contribution < 1.29 is 23.8 Å². The van der Waals surface area contributed by atoms with Gasteiger partial charge >= 0.3 is 5.97 Å². The minimum atomic E-state index is -1.16. The summed E-state index contributed by atoms with van der Waals surface area (Å²) in [5.41, 5.74) is 0.993. The van der Waals surface area contributed by atoms with Gasteiger partial charge in [-0.2, -0.15) is 0 Å². The summed E-state index contributed by atoms with van der Waals surface area (Å²) in [6.45, 7) is 5.67. The summed E-state index contributed by atoms with van der Waals surface area (Å²) in [7, 11) is 0. The van der Waals surface area contributed by atoms with Crippen molar-refractivity contribution in [2.24, 2.45) is 0 Å². The van der Waals surface area contributed by atoms with E-state index in [2.05, 4.69) is 0 Å². The first-order valence-corrected chi connectivity index (χ1v) is 6.67. The van der Waals surface area contributed by atoms with Gasteiger partial charge in [0, 0.05) is 5.56 Å². The number of carbonyl (C=O) groups is 2. The van der Waals surface area contributed by atoms with Crippen LogP contribution in [0.3, 0.4) is 0 Å². The number of hydrogen-bond acceptors (Lipinski definition) is 5. The van der Waals surface area contributed by atoms with Gasteiger partial charge in [-0.1, -0.05) is 0 Å². The summed E-state index contributed by atoms with van der Waals surface area (Å²) in [4.78, 5) is 35.0. The minimum Gasteiger partial charge on any atom is -0.481 e. The molecule has 0 fully saturated rings. The Kier molecular flexibility index (Phi) is 4.03.